The lowest BCUT2D eigenvalue weighted by Gasteiger charge is -2.07. The van der Waals surface area contributed by atoms with Crippen LogP contribution >= 0.6 is 0 Å². The van der Waals surface area contributed by atoms with Crippen LogP contribution in [0.25, 0.3) is 11.0 Å². The summed E-state index contributed by atoms with van der Waals surface area (Å²) in [5, 5.41) is 13.1. The third-order valence-electron chi connectivity index (χ3n) is 3.13. The second-order valence-corrected chi connectivity index (χ2v) is 4.76. The minimum absolute atomic E-state index is 0.239. The van der Waals surface area contributed by atoms with Crippen molar-refractivity contribution in [3.8, 4) is 0 Å². The highest BCUT2D eigenvalue weighted by molar-refractivity contribution is 5.96. The largest absolute Gasteiger partial charge is 0.451 e. The fourth-order valence-corrected chi connectivity index (χ4v) is 1.92. The Morgan fingerprint density at radius 1 is 1.42 bits per heavy atom. The van der Waals surface area contributed by atoms with Crippen LogP contribution in [-0.4, -0.2) is 23.7 Å². The Labute approximate surface area is 112 Å². The number of aliphatic hydroxyl groups excluding tert-OH is 1. The molecular formula is C15H19NO3. The summed E-state index contributed by atoms with van der Waals surface area (Å²) in [4.78, 5) is 11.9. The number of aryl methyl sites for hydroxylation is 1. The number of aliphatic hydroxyl groups is 1. The number of carbonyl (C=O) groups is 1. The van der Waals surface area contributed by atoms with Crippen molar-refractivity contribution < 1.29 is 14.3 Å². The van der Waals surface area contributed by atoms with E-state index in [0.29, 0.717) is 30.7 Å². The highest BCUT2D eigenvalue weighted by Gasteiger charge is 2.12. The molecule has 1 aromatic carbocycles. The van der Waals surface area contributed by atoms with Crippen molar-refractivity contribution in [3.63, 3.8) is 0 Å². The van der Waals surface area contributed by atoms with E-state index < -0.39 is 0 Å². The molecule has 0 aliphatic carbocycles. The average Bonchev–Trinajstić information content (AvgIpc) is 2.81. The minimum Gasteiger partial charge on any atom is -0.451 e. The lowest BCUT2D eigenvalue weighted by Crippen LogP contribution is -2.26. The molecule has 2 aromatic rings. The topological polar surface area (TPSA) is 62.5 Å². The van der Waals surface area contributed by atoms with Crippen molar-refractivity contribution in [3.05, 3.63) is 35.6 Å². The van der Waals surface area contributed by atoms with Crippen LogP contribution < -0.4 is 5.32 Å². The summed E-state index contributed by atoms with van der Waals surface area (Å²) in [6, 6.07) is 7.54. The molecule has 102 valence electrons. The number of rotatable bonds is 5. The third-order valence-corrected chi connectivity index (χ3v) is 3.13. The standard InChI is InChI=1S/C15H19NO3/c1-3-12(17)6-7-16-15(18)14-9-11-8-10(2)4-5-13(11)19-14/h4-5,8-9,12,17H,3,6-7H2,1-2H3,(H,16,18). The SMILES string of the molecule is CCC(O)CCNC(=O)c1cc2cc(C)ccc2o1. The first-order valence-corrected chi connectivity index (χ1v) is 6.56. The van der Waals surface area contributed by atoms with Crippen molar-refractivity contribution in [2.75, 3.05) is 6.54 Å². The number of benzene rings is 1. The Morgan fingerprint density at radius 2 is 2.21 bits per heavy atom. The molecule has 0 saturated carbocycles. The molecule has 0 spiro atoms. The molecule has 1 heterocycles. The molecule has 0 radical (unpaired) electrons. The van der Waals surface area contributed by atoms with E-state index in [4.69, 9.17) is 4.42 Å². The van der Waals surface area contributed by atoms with Gasteiger partial charge >= 0.3 is 0 Å². The molecule has 0 saturated heterocycles. The van der Waals surface area contributed by atoms with Crippen LogP contribution in [0.5, 0.6) is 0 Å². The molecule has 19 heavy (non-hydrogen) atoms. The van der Waals surface area contributed by atoms with E-state index in [1.165, 1.54) is 0 Å². The Bertz CT molecular complexity index is 574. The van der Waals surface area contributed by atoms with Gasteiger partial charge in [0.15, 0.2) is 5.76 Å². The van der Waals surface area contributed by atoms with E-state index in [2.05, 4.69) is 5.32 Å². The van der Waals surface area contributed by atoms with Gasteiger partial charge in [-0.05, 0) is 38.0 Å². The summed E-state index contributed by atoms with van der Waals surface area (Å²) >= 11 is 0. The van der Waals surface area contributed by atoms with E-state index in [-0.39, 0.29) is 12.0 Å². The highest BCUT2D eigenvalue weighted by atomic mass is 16.3. The second-order valence-electron chi connectivity index (χ2n) is 4.76. The van der Waals surface area contributed by atoms with Gasteiger partial charge in [0.1, 0.15) is 5.58 Å². The minimum atomic E-state index is -0.362. The number of carbonyl (C=O) groups excluding carboxylic acids is 1. The zero-order valence-electron chi connectivity index (χ0n) is 11.3. The lowest BCUT2D eigenvalue weighted by atomic mass is 10.2. The van der Waals surface area contributed by atoms with Gasteiger partial charge in [-0.25, -0.2) is 0 Å². The van der Waals surface area contributed by atoms with E-state index in [1.54, 1.807) is 6.07 Å². The van der Waals surface area contributed by atoms with Crippen LogP contribution in [-0.2, 0) is 0 Å². The predicted octanol–water partition coefficient (Wildman–Crippen LogP) is 2.63. The second kappa shape index (κ2) is 5.89. The van der Waals surface area contributed by atoms with Gasteiger partial charge < -0.3 is 14.8 Å². The van der Waals surface area contributed by atoms with Crippen molar-refractivity contribution in [1.29, 1.82) is 0 Å². The molecule has 2 rings (SSSR count). The van der Waals surface area contributed by atoms with Gasteiger partial charge in [0, 0.05) is 11.9 Å². The van der Waals surface area contributed by atoms with Gasteiger partial charge in [-0.3, -0.25) is 4.79 Å². The normalized spacial score (nSPS) is 12.6. The van der Waals surface area contributed by atoms with Gasteiger partial charge in [-0.15, -0.1) is 0 Å². The molecule has 0 aliphatic heterocycles. The molecule has 0 fully saturated rings. The quantitative estimate of drug-likeness (QED) is 0.869. The van der Waals surface area contributed by atoms with Crippen LogP contribution in [0.1, 0.15) is 35.9 Å². The maximum absolute atomic E-state index is 11.9. The molecule has 4 nitrogen and oxygen atoms in total. The first-order chi connectivity index (χ1) is 9.10. The van der Waals surface area contributed by atoms with Crippen LogP contribution in [0.15, 0.2) is 28.7 Å². The molecule has 1 atom stereocenters. The lowest BCUT2D eigenvalue weighted by molar-refractivity contribution is 0.0916. The molecule has 4 heteroatoms. The fraction of sp³-hybridized carbons (Fsp3) is 0.400. The first-order valence-electron chi connectivity index (χ1n) is 6.56. The molecule has 1 aromatic heterocycles. The van der Waals surface area contributed by atoms with Crippen LogP contribution in [0.3, 0.4) is 0 Å². The zero-order chi connectivity index (χ0) is 13.8. The third kappa shape index (κ3) is 3.35. The molecular weight excluding hydrogens is 242 g/mol. The van der Waals surface area contributed by atoms with Crippen LogP contribution in [0.4, 0.5) is 0 Å². The average molecular weight is 261 g/mol. The summed E-state index contributed by atoms with van der Waals surface area (Å²) in [5.74, 6) is 0.0729. The Balaban J connectivity index is 2.01. The Morgan fingerprint density at radius 3 is 2.95 bits per heavy atom. The number of furan rings is 1. The molecule has 0 aliphatic rings. The number of hydrogen-bond acceptors (Lipinski definition) is 3. The summed E-state index contributed by atoms with van der Waals surface area (Å²) < 4.78 is 5.49. The maximum atomic E-state index is 11.9. The van der Waals surface area contributed by atoms with Gasteiger partial charge in [0.2, 0.25) is 0 Å². The fourth-order valence-electron chi connectivity index (χ4n) is 1.92. The number of hydrogen-bond donors (Lipinski definition) is 2. The van der Waals surface area contributed by atoms with Gasteiger partial charge in [0.25, 0.3) is 5.91 Å². The Hall–Kier alpha value is -1.81. The summed E-state index contributed by atoms with van der Waals surface area (Å²) in [7, 11) is 0. The van der Waals surface area contributed by atoms with E-state index in [0.717, 1.165) is 10.9 Å². The number of amides is 1. The van der Waals surface area contributed by atoms with Crippen molar-refractivity contribution >= 4 is 16.9 Å². The molecule has 1 unspecified atom stereocenters. The van der Waals surface area contributed by atoms with Crippen molar-refractivity contribution in [1.82, 2.24) is 5.32 Å². The summed E-state index contributed by atoms with van der Waals surface area (Å²) in [6.45, 7) is 4.36. The van der Waals surface area contributed by atoms with E-state index in [1.807, 2.05) is 32.0 Å². The summed E-state index contributed by atoms with van der Waals surface area (Å²) in [5.41, 5.74) is 1.84. The highest BCUT2D eigenvalue weighted by Crippen LogP contribution is 2.20. The maximum Gasteiger partial charge on any atom is 0.287 e. The van der Waals surface area contributed by atoms with Crippen LogP contribution in [0.2, 0.25) is 0 Å². The van der Waals surface area contributed by atoms with Crippen LogP contribution in [0, 0.1) is 6.92 Å². The van der Waals surface area contributed by atoms with Crippen molar-refractivity contribution in [2.45, 2.75) is 32.8 Å². The first kappa shape index (κ1) is 13.6. The number of fused-ring (bicyclic) bond motifs is 1. The smallest absolute Gasteiger partial charge is 0.287 e. The zero-order valence-corrected chi connectivity index (χ0v) is 11.3. The van der Waals surface area contributed by atoms with Crippen molar-refractivity contribution in [2.24, 2.45) is 0 Å². The monoisotopic (exact) mass is 261 g/mol. The molecule has 1 amide bonds. The van der Waals surface area contributed by atoms with Gasteiger partial charge in [0.05, 0.1) is 6.10 Å². The Kier molecular flexibility index (Phi) is 4.22. The molecule has 2 N–H and O–H groups in total. The number of nitrogens with one attached hydrogen (secondary N) is 1. The van der Waals surface area contributed by atoms with Gasteiger partial charge in [-0.2, -0.15) is 0 Å². The molecule has 0 bridgehead atoms. The summed E-state index contributed by atoms with van der Waals surface area (Å²) in [6.07, 6.45) is 0.889. The predicted molar refractivity (Wildman–Crippen MR) is 74.2 cm³/mol. The van der Waals surface area contributed by atoms with E-state index >= 15 is 0 Å². The van der Waals surface area contributed by atoms with Gasteiger partial charge in [-0.1, -0.05) is 18.6 Å². The van der Waals surface area contributed by atoms with E-state index in [9.17, 15) is 9.90 Å².